The molecule has 0 amide bonds. The molecule has 0 saturated carbocycles. The summed E-state index contributed by atoms with van der Waals surface area (Å²) in [5.74, 6) is 0. The van der Waals surface area contributed by atoms with Crippen LogP contribution in [0, 0.1) is 0 Å². The molecule has 0 atom stereocenters. The zero-order valence-corrected chi connectivity index (χ0v) is 7.27. The second kappa shape index (κ2) is 3.32. The van der Waals surface area contributed by atoms with Gasteiger partial charge in [0.25, 0.3) is 0 Å². The molecule has 2 N–H and O–H groups in total. The highest BCUT2D eigenvalue weighted by Gasteiger charge is 1.96. The SMILES string of the molecule is CC(N)=C=C(C)c1cnsn1. The second-order valence-electron chi connectivity index (χ2n) is 2.23. The van der Waals surface area contributed by atoms with Gasteiger partial charge in [0.2, 0.25) is 0 Å². The minimum atomic E-state index is 0.663. The highest BCUT2D eigenvalue weighted by atomic mass is 32.1. The van der Waals surface area contributed by atoms with Gasteiger partial charge in [-0.1, -0.05) is 5.73 Å². The van der Waals surface area contributed by atoms with Crippen molar-refractivity contribution >= 4 is 17.3 Å². The van der Waals surface area contributed by atoms with Crippen LogP contribution in [0.3, 0.4) is 0 Å². The van der Waals surface area contributed by atoms with Crippen molar-refractivity contribution in [1.29, 1.82) is 0 Å². The molecule has 0 aliphatic carbocycles. The molecule has 1 aromatic rings. The first kappa shape index (κ1) is 7.98. The summed E-state index contributed by atoms with van der Waals surface area (Å²) in [6.07, 6.45) is 1.70. The Morgan fingerprint density at radius 1 is 1.64 bits per heavy atom. The molecule has 0 fully saturated rings. The van der Waals surface area contributed by atoms with Crippen molar-refractivity contribution in [2.45, 2.75) is 13.8 Å². The topological polar surface area (TPSA) is 51.8 Å². The van der Waals surface area contributed by atoms with Crippen LogP contribution in [0.2, 0.25) is 0 Å². The molecule has 0 aliphatic heterocycles. The predicted molar refractivity (Wildman–Crippen MR) is 45.9 cm³/mol. The van der Waals surface area contributed by atoms with Gasteiger partial charge in [-0.15, -0.1) is 0 Å². The fourth-order valence-electron chi connectivity index (χ4n) is 0.690. The Bertz CT molecular complexity index is 289. The van der Waals surface area contributed by atoms with Gasteiger partial charge >= 0.3 is 0 Å². The summed E-state index contributed by atoms with van der Waals surface area (Å²) in [4.78, 5) is 0. The van der Waals surface area contributed by atoms with Crippen molar-refractivity contribution in [1.82, 2.24) is 8.75 Å². The van der Waals surface area contributed by atoms with Gasteiger partial charge in [-0.25, -0.2) is 0 Å². The molecule has 3 nitrogen and oxygen atoms in total. The predicted octanol–water partition coefficient (Wildman–Crippen LogP) is 1.40. The van der Waals surface area contributed by atoms with E-state index in [1.54, 1.807) is 13.1 Å². The van der Waals surface area contributed by atoms with Crippen LogP contribution >= 0.6 is 11.7 Å². The zero-order valence-electron chi connectivity index (χ0n) is 6.46. The third-order valence-electron chi connectivity index (χ3n) is 1.13. The molecule has 0 saturated heterocycles. The molecule has 0 unspecified atom stereocenters. The molecule has 11 heavy (non-hydrogen) atoms. The Labute approximate surface area is 69.6 Å². The third kappa shape index (κ3) is 2.18. The minimum Gasteiger partial charge on any atom is -0.396 e. The average Bonchev–Trinajstić information content (AvgIpc) is 2.35. The Morgan fingerprint density at radius 2 is 2.36 bits per heavy atom. The Balaban J connectivity index is 3.05. The Kier molecular flexibility index (Phi) is 2.41. The molecule has 0 radical (unpaired) electrons. The molecule has 0 bridgehead atoms. The molecule has 58 valence electrons. The minimum absolute atomic E-state index is 0.663. The largest absolute Gasteiger partial charge is 0.396 e. The summed E-state index contributed by atoms with van der Waals surface area (Å²) in [5.41, 5.74) is 10.8. The second-order valence-corrected chi connectivity index (χ2v) is 2.78. The van der Waals surface area contributed by atoms with Crippen molar-refractivity contribution in [3.63, 3.8) is 0 Å². The van der Waals surface area contributed by atoms with Crippen LogP contribution in [0.5, 0.6) is 0 Å². The van der Waals surface area contributed by atoms with Crippen molar-refractivity contribution in [3.05, 3.63) is 23.3 Å². The summed E-state index contributed by atoms with van der Waals surface area (Å²) < 4.78 is 7.90. The third-order valence-corrected chi connectivity index (χ3v) is 1.61. The summed E-state index contributed by atoms with van der Waals surface area (Å²) >= 11 is 1.18. The van der Waals surface area contributed by atoms with Crippen molar-refractivity contribution in [3.8, 4) is 0 Å². The van der Waals surface area contributed by atoms with E-state index in [0.717, 1.165) is 11.3 Å². The van der Waals surface area contributed by atoms with Gasteiger partial charge in [0.05, 0.1) is 17.9 Å². The van der Waals surface area contributed by atoms with Crippen LogP contribution in [0.15, 0.2) is 17.6 Å². The normalized spacial score (nSPS) is 8.91. The molecule has 1 rings (SSSR count). The standard InChI is InChI=1S/C7H9N3S/c1-5(3-6(2)8)7-4-9-11-10-7/h4H,8H2,1-2H3. The summed E-state index contributed by atoms with van der Waals surface area (Å²) in [5, 5.41) is 0. The van der Waals surface area contributed by atoms with Gasteiger partial charge in [-0.3, -0.25) is 0 Å². The Morgan fingerprint density at radius 3 is 2.82 bits per heavy atom. The lowest BCUT2D eigenvalue weighted by Crippen LogP contribution is -1.87. The van der Waals surface area contributed by atoms with Gasteiger partial charge in [0.15, 0.2) is 0 Å². The molecule has 1 heterocycles. The highest BCUT2D eigenvalue weighted by Crippen LogP contribution is 2.08. The van der Waals surface area contributed by atoms with E-state index in [0.29, 0.717) is 5.70 Å². The number of rotatable bonds is 1. The van der Waals surface area contributed by atoms with E-state index in [2.05, 4.69) is 14.5 Å². The van der Waals surface area contributed by atoms with Crippen molar-refractivity contribution < 1.29 is 0 Å². The molecule has 4 heteroatoms. The molecule has 1 aromatic heterocycles. The summed E-state index contributed by atoms with van der Waals surface area (Å²) in [6, 6.07) is 0. The van der Waals surface area contributed by atoms with E-state index in [9.17, 15) is 0 Å². The smallest absolute Gasteiger partial charge is 0.108 e. The average molecular weight is 167 g/mol. The van der Waals surface area contributed by atoms with Crippen LogP contribution < -0.4 is 5.73 Å². The maximum Gasteiger partial charge on any atom is 0.108 e. The quantitative estimate of drug-likeness (QED) is 0.643. The van der Waals surface area contributed by atoms with E-state index in [1.807, 2.05) is 6.92 Å². The van der Waals surface area contributed by atoms with E-state index in [-0.39, 0.29) is 0 Å². The lowest BCUT2D eigenvalue weighted by atomic mass is 10.2. The van der Waals surface area contributed by atoms with Gasteiger partial charge in [0.1, 0.15) is 5.69 Å². The first-order valence-electron chi connectivity index (χ1n) is 3.17. The summed E-state index contributed by atoms with van der Waals surface area (Å²) in [7, 11) is 0. The molecular formula is C7H9N3S. The first-order valence-corrected chi connectivity index (χ1v) is 3.90. The van der Waals surface area contributed by atoms with E-state index < -0.39 is 0 Å². The fourth-order valence-corrected chi connectivity index (χ4v) is 1.16. The van der Waals surface area contributed by atoms with Crippen LogP contribution in [0.1, 0.15) is 19.5 Å². The van der Waals surface area contributed by atoms with Gasteiger partial charge in [-0.05, 0) is 13.8 Å². The summed E-state index contributed by atoms with van der Waals surface area (Å²) in [6.45, 7) is 3.70. The van der Waals surface area contributed by atoms with Crippen molar-refractivity contribution in [2.24, 2.45) is 5.73 Å². The van der Waals surface area contributed by atoms with Crippen molar-refractivity contribution in [2.75, 3.05) is 0 Å². The van der Waals surface area contributed by atoms with Gasteiger partial charge < -0.3 is 5.73 Å². The van der Waals surface area contributed by atoms with E-state index in [4.69, 9.17) is 5.73 Å². The van der Waals surface area contributed by atoms with Crippen LogP contribution in [-0.2, 0) is 0 Å². The highest BCUT2D eigenvalue weighted by molar-refractivity contribution is 6.99. The number of hydrogen-bond donors (Lipinski definition) is 1. The molecule has 0 aromatic carbocycles. The number of aromatic nitrogens is 2. The lowest BCUT2D eigenvalue weighted by molar-refractivity contribution is 1.32. The number of allylic oxidation sites excluding steroid dienone is 1. The maximum atomic E-state index is 5.44. The van der Waals surface area contributed by atoms with Crippen LogP contribution in [0.25, 0.3) is 5.57 Å². The number of hydrogen-bond acceptors (Lipinski definition) is 4. The van der Waals surface area contributed by atoms with Crippen LogP contribution in [-0.4, -0.2) is 8.75 Å². The lowest BCUT2D eigenvalue weighted by Gasteiger charge is -1.87. The van der Waals surface area contributed by atoms with E-state index in [1.165, 1.54) is 11.7 Å². The zero-order chi connectivity index (χ0) is 8.27. The Hall–Kier alpha value is -1.12. The number of nitrogens with zero attached hydrogens (tertiary/aromatic N) is 2. The van der Waals surface area contributed by atoms with Crippen LogP contribution in [0.4, 0.5) is 0 Å². The maximum absolute atomic E-state index is 5.44. The molecule has 0 spiro atoms. The first-order chi connectivity index (χ1) is 5.20. The van der Waals surface area contributed by atoms with Gasteiger partial charge in [0, 0.05) is 11.3 Å². The fraction of sp³-hybridized carbons (Fsp3) is 0.286. The molecular weight excluding hydrogens is 158 g/mol. The number of nitrogens with two attached hydrogens (primary N) is 1. The van der Waals surface area contributed by atoms with E-state index >= 15 is 0 Å². The van der Waals surface area contributed by atoms with Gasteiger partial charge in [-0.2, -0.15) is 8.75 Å². The monoisotopic (exact) mass is 167 g/mol. The molecule has 0 aliphatic rings.